The molecule has 0 radical (unpaired) electrons. The summed E-state index contributed by atoms with van der Waals surface area (Å²) >= 11 is 0. The first-order valence-corrected chi connectivity index (χ1v) is 8.41. The Bertz CT molecular complexity index is 949. The quantitative estimate of drug-likeness (QED) is 0.660. The first-order chi connectivity index (χ1) is 13.0. The molecule has 27 heavy (non-hydrogen) atoms. The van der Waals surface area contributed by atoms with Crippen molar-refractivity contribution in [2.45, 2.75) is 20.4 Å². The van der Waals surface area contributed by atoms with Crippen molar-refractivity contribution in [3.8, 4) is 5.69 Å². The molecule has 0 saturated heterocycles. The monoisotopic (exact) mass is 369 g/mol. The fourth-order valence-electron chi connectivity index (χ4n) is 2.68. The summed E-state index contributed by atoms with van der Waals surface area (Å²) in [7, 11) is 0. The number of hydrogen-bond donors (Lipinski definition) is 1. The highest BCUT2D eigenvalue weighted by Crippen LogP contribution is 2.15. The van der Waals surface area contributed by atoms with E-state index in [1.165, 1.54) is 9.59 Å². The number of aromatic carboxylic acids is 1. The Balaban J connectivity index is 1.78. The lowest BCUT2D eigenvalue weighted by Crippen LogP contribution is -2.34. The molecule has 1 amide bonds. The number of carbonyl (C=O) groups is 2. The van der Waals surface area contributed by atoms with E-state index >= 15 is 0 Å². The van der Waals surface area contributed by atoms with Gasteiger partial charge in [0.15, 0.2) is 5.69 Å². The second-order valence-electron chi connectivity index (χ2n) is 5.76. The number of carboxylic acids is 1. The van der Waals surface area contributed by atoms with Crippen molar-refractivity contribution in [2.24, 2.45) is 0 Å². The lowest BCUT2D eigenvalue weighted by atomic mass is 10.1. The van der Waals surface area contributed by atoms with Gasteiger partial charge in [-0.3, -0.25) is 4.79 Å². The molecular weight excluding hydrogens is 350 g/mol. The molecule has 0 bridgehead atoms. The van der Waals surface area contributed by atoms with Crippen LogP contribution < -0.4 is 0 Å². The fraction of sp³-hybridized carbons (Fsp3) is 0.294. The molecule has 0 saturated carbocycles. The lowest BCUT2D eigenvalue weighted by Gasteiger charge is -2.21. The molecule has 0 spiro atoms. The number of rotatable bonds is 7. The average Bonchev–Trinajstić information content (AvgIpc) is 3.32. The van der Waals surface area contributed by atoms with E-state index < -0.39 is 5.97 Å². The summed E-state index contributed by atoms with van der Waals surface area (Å²) in [6, 6.07) is 7.10. The topological polar surface area (TPSA) is 119 Å². The van der Waals surface area contributed by atoms with E-state index in [-0.39, 0.29) is 18.1 Å². The minimum Gasteiger partial charge on any atom is -0.476 e. The second kappa shape index (κ2) is 7.77. The van der Waals surface area contributed by atoms with Crippen molar-refractivity contribution >= 4 is 11.9 Å². The Hall–Kier alpha value is -3.56. The third-order valence-electron chi connectivity index (χ3n) is 4.03. The number of para-hydroxylation sites is 1. The van der Waals surface area contributed by atoms with Gasteiger partial charge in [0, 0.05) is 13.1 Å². The van der Waals surface area contributed by atoms with Crippen molar-refractivity contribution in [1.29, 1.82) is 0 Å². The zero-order chi connectivity index (χ0) is 19.4. The maximum absolute atomic E-state index is 13.0. The molecule has 10 heteroatoms. The molecule has 10 nitrogen and oxygen atoms in total. The maximum atomic E-state index is 13.0. The van der Waals surface area contributed by atoms with Gasteiger partial charge in [0.25, 0.3) is 5.91 Å². The number of nitrogens with zero attached hydrogens (tertiary/aromatic N) is 7. The third kappa shape index (κ3) is 3.84. The predicted octanol–water partition coefficient (Wildman–Crippen LogP) is 1.03. The number of aromatic nitrogens is 6. The van der Waals surface area contributed by atoms with Gasteiger partial charge in [-0.2, -0.15) is 24.9 Å². The smallest absolute Gasteiger partial charge is 0.358 e. The normalized spacial score (nSPS) is 10.7. The second-order valence-corrected chi connectivity index (χ2v) is 5.76. The van der Waals surface area contributed by atoms with Gasteiger partial charge in [-0.15, -0.1) is 5.10 Å². The van der Waals surface area contributed by atoms with Crippen molar-refractivity contribution in [3.63, 3.8) is 0 Å². The van der Waals surface area contributed by atoms with Crippen molar-refractivity contribution in [2.75, 3.05) is 13.1 Å². The number of amides is 1. The van der Waals surface area contributed by atoms with Crippen LogP contribution in [-0.2, 0) is 6.54 Å². The molecule has 1 N–H and O–H groups in total. The van der Waals surface area contributed by atoms with Crippen LogP contribution in [0.2, 0.25) is 0 Å². The Morgan fingerprint density at radius 1 is 1.15 bits per heavy atom. The number of carbonyl (C=O) groups excluding carboxylic acids is 1. The summed E-state index contributed by atoms with van der Waals surface area (Å²) < 4.78 is 0. The van der Waals surface area contributed by atoms with Gasteiger partial charge in [-0.25, -0.2) is 4.79 Å². The van der Waals surface area contributed by atoms with Crippen LogP contribution in [-0.4, -0.2) is 65.0 Å². The molecule has 0 unspecified atom stereocenters. The van der Waals surface area contributed by atoms with Crippen molar-refractivity contribution in [3.05, 3.63) is 53.6 Å². The molecule has 0 aliphatic rings. The van der Waals surface area contributed by atoms with Gasteiger partial charge in [0.05, 0.1) is 35.9 Å². The first-order valence-electron chi connectivity index (χ1n) is 8.41. The number of benzene rings is 1. The zero-order valence-electron chi connectivity index (χ0n) is 15.0. The van der Waals surface area contributed by atoms with Gasteiger partial charge in [0.1, 0.15) is 0 Å². The highest BCUT2D eigenvalue weighted by Gasteiger charge is 2.20. The molecule has 2 aromatic heterocycles. The molecular formula is C17H19N7O3. The van der Waals surface area contributed by atoms with E-state index in [0.717, 1.165) is 0 Å². The lowest BCUT2D eigenvalue weighted by molar-refractivity contribution is 0.0685. The minimum atomic E-state index is -1.12. The SMILES string of the molecule is CCN(CCn1nc(C)c(C(=O)O)n1)C(=O)c1ccccc1-n1nccn1. The van der Waals surface area contributed by atoms with Crippen LogP contribution in [0.25, 0.3) is 5.69 Å². The van der Waals surface area contributed by atoms with E-state index in [2.05, 4.69) is 20.4 Å². The predicted molar refractivity (Wildman–Crippen MR) is 94.7 cm³/mol. The highest BCUT2D eigenvalue weighted by molar-refractivity contribution is 5.97. The minimum absolute atomic E-state index is 0.0838. The summed E-state index contributed by atoms with van der Waals surface area (Å²) in [4.78, 5) is 28.4. The van der Waals surface area contributed by atoms with Crippen LogP contribution in [0.1, 0.15) is 33.5 Å². The summed E-state index contributed by atoms with van der Waals surface area (Å²) in [5.74, 6) is -1.30. The summed E-state index contributed by atoms with van der Waals surface area (Å²) in [5.41, 5.74) is 1.32. The van der Waals surface area contributed by atoms with Crippen LogP contribution in [0, 0.1) is 6.92 Å². The number of carboxylic acid groups (broad SMARTS) is 1. The first kappa shape index (κ1) is 18.2. The van der Waals surface area contributed by atoms with E-state index in [0.29, 0.717) is 30.0 Å². The molecule has 3 aromatic rings. The van der Waals surface area contributed by atoms with Crippen molar-refractivity contribution < 1.29 is 14.7 Å². The van der Waals surface area contributed by atoms with Gasteiger partial charge >= 0.3 is 5.97 Å². The standard InChI is InChI=1S/C17H19N7O3/c1-3-22(10-11-23-20-12(2)15(21-23)17(26)27)16(25)13-6-4-5-7-14(13)24-18-8-9-19-24/h4-9H,3,10-11H2,1-2H3,(H,26,27). The maximum Gasteiger partial charge on any atom is 0.358 e. The van der Waals surface area contributed by atoms with Gasteiger partial charge < -0.3 is 10.0 Å². The molecule has 0 aliphatic heterocycles. The van der Waals surface area contributed by atoms with E-state index in [1.54, 1.807) is 42.4 Å². The van der Waals surface area contributed by atoms with Gasteiger partial charge in [0.2, 0.25) is 0 Å². The largest absolute Gasteiger partial charge is 0.476 e. The van der Waals surface area contributed by atoms with E-state index in [1.807, 2.05) is 13.0 Å². The molecule has 0 fully saturated rings. The van der Waals surface area contributed by atoms with Gasteiger partial charge in [-0.1, -0.05) is 12.1 Å². The van der Waals surface area contributed by atoms with E-state index in [4.69, 9.17) is 5.11 Å². The molecule has 0 atom stereocenters. The number of hydrogen-bond acceptors (Lipinski definition) is 6. The Morgan fingerprint density at radius 2 is 1.85 bits per heavy atom. The van der Waals surface area contributed by atoms with Crippen molar-refractivity contribution in [1.82, 2.24) is 34.9 Å². The van der Waals surface area contributed by atoms with Crippen LogP contribution in [0.5, 0.6) is 0 Å². The molecule has 3 rings (SSSR count). The van der Waals surface area contributed by atoms with Crippen LogP contribution in [0.4, 0.5) is 0 Å². The molecule has 0 aliphatic carbocycles. The van der Waals surface area contributed by atoms with Crippen LogP contribution in [0.15, 0.2) is 36.7 Å². The summed E-state index contributed by atoms with van der Waals surface area (Å²) in [6.45, 7) is 4.56. The third-order valence-corrected chi connectivity index (χ3v) is 4.03. The fourth-order valence-corrected chi connectivity index (χ4v) is 2.68. The van der Waals surface area contributed by atoms with Crippen LogP contribution in [0.3, 0.4) is 0 Å². The van der Waals surface area contributed by atoms with Gasteiger partial charge in [-0.05, 0) is 26.0 Å². The summed E-state index contributed by atoms with van der Waals surface area (Å²) in [5, 5.41) is 25.3. The van der Waals surface area contributed by atoms with Crippen LogP contribution >= 0.6 is 0 Å². The molecule has 140 valence electrons. The zero-order valence-corrected chi connectivity index (χ0v) is 15.0. The number of aryl methyl sites for hydroxylation is 1. The number of likely N-dealkylation sites (N-methyl/N-ethyl adjacent to an activating group) is 1. The summed E-state index contributed by atoms with van der Waals surface area (Å²) in [6.07, 6.45) is 3.09. The average molecular weight is 369 g/mol. The van der Waals surface area contributed by atoms with E-state index in [9.17, 15) is 9.59 Å². The highest BCUT2D eigenvalue weighted by atomic mass is 16.4. The molecule has 1 aromatic carbocycles. The Labute approximate surface area is 155 Å². The Morgan fingerprint density at radius 3 is 2.48 bits per heavy atom. The Kier molecular flexibility index (Phi) is 5.25. The molecule has 2 heterocycles.